The number of anilines is 1. The second-order valence-corrected chi connectivity index (χ2v) is 11.4. The van der Waals surface area contributed by atoms with Gasteiger partial charge in [-0.1, -0.05) is 41.9 Å². The van der Waals surface area contributed by atoms with E-state index >= 15 is 4.39 Å². The molecule has 0 spiro atoms. The lowest BCUT2D eigenvalue weighted by molar-refractivity contribution is 0.281. The first-order valence-corrected chi connectivity index (χ1v) is 13.8. The van der Waals surface area contributed by atoms with Crippen LogP contribution in [-0.4, -0.2) is 64.2 Å². The average Bonchev–Trinajstić information content (AvgIpc) is 3.48. The molecule has 3 atom stereocenters. The zero-order valence-corrected chi connectivity index (χ0v) is 22.1. The molecular weight excluding hydrogens is 503 g/mol. The number of nitrogens with zero attached hydrogens (tertiary/aromatic N) is 5. The van der Waals surface area contributed by atoms with Gasteiger partial charge < -0.3 is 15.1 Å². The zero-order valence-electron chi connectivity index (χ0n) is 21.3. The standard InChI is InChI=1S/C29H30ClFN6O/c1-35-12-4-7-20(35)16-37-28-22(27(34-29(37)38)36-14-18-10-11-19(15-36)32-18)13-24(31)26(33-28)21-8-2-5-17-6-3-9-23(30)25(17)21/h2-3,5-6,8-9,13,18-20,32H,4,7,10-12,14-16H2,1H3/t18?,19?,20-/m0/s1. The molecule has 0 amide bonds. The summed E-state index contributed by atoms with van der Waals surface area (Å²) in [4.78, 5) is 27.5. The molecule has 3 saturated heterocycles. The van der Waals surface area contributed by atoms with Crippen molar-refractivity contribution in [3.63, 3.8) is 0 Å². The normalized spacial score (nSPS) is 23.7. The lowest BCUT2D eigenvalue weighted by Gasteiger charge is -2.34. The molecule has 2 bridgehead atoms. The molecule has 2 aromatic carbocycles. The van der Waals surface area contributed by atoms with Crippen molar-refractivity contribution in [1.29, 1.82) is 0 Å². The van der Waals surface area contributed by atoms with Gasteiger partial charge in [0.15, 0.2) is 0 Å². The smallest absolute Gasteiger partial charge is 0.351 e. The molecule has 1 N–H and O–H groups in total. The Morgan fingerprint density at radius 1 is 1.08 bits per heavy atom. The van der Waals surface area contributed by atoms with Crippen LogP contribution in [-0.2, 0) is 6.54 Å². The summed E-state index contributed by atoms with van der Waals surface area (Å²) in [6.07, 6.45) is 4.29. The Balaban J connectivity index is 1.45. The number of piperazine rings is 1. The summed E-state index contributed by atoms with van der Waals surface area (Å²) in [6.45, 7) is 2.96. The van der Waals surface area contributed by atoms with E-state index in [1.807, 2.05) is 30.3 Å². The van der Waals surface area contributed by atoms with Crippen LogP contribution in [0.15, 0.2) is 47.3 Å². The number of nitrogens with one attached hydrogen (secondary N) is 1. The highest BCUT2D eigenvalue weighted by atomic mass is 35.5. The summed E-state index contributed by atoms with van der Waals surface area (Å²) in [5.74, 6) is 0.0857. The number of aromatic nitrogens is 3. The minimum Gasteiger partial charge on any atom is -0.353 e. The largest absolute Gasteiger partial charge is 0.353 e. The molecule has 196 valence electrons. The van der Waals surface area contributed by atoms with E-state index in [4.69, 9.17) is 16.6 Å². The van der Waals surface area contributed by atoms with Crippen molar-refractivity contribution < 1.29 is 4.39 Å². The number of benzene rings is 2. The topological polar surface area (TPSA) is 66.3 Å². The van der Waals surface area contributed by atoms with Gasteiger partial charge in [0.25, 0.3) is 0 Å². The summed E-state index contributed by atoms with van der Waals surface area (Å²) < 4.78 is 17.7. The Morgan fingerprint density at radius 2 is 1.84 bits per heavy atom. The highest BCUT2D eigenvalue weighted by Crippen LogP contribution is 2.36. The highest BCUT2D eigenvalue weighted by Gasteiger charge is 2.34. The molecule has 3 aliphatic heterocycles. The number of hydrogen-bond donors (Lipinski definition) is 1. The third kappa shape index (κ3) is 3.97. The zero-order chi connectivity index (χ0) is 26.0. The van der Waals surface area contributed by atoms with E-state index in [-0.39, 0.29) is 17.4 Å². The number of fused-ring (bicyclic) bond motifs is 4. The van der Waals surface area contributed by atoms with Crippen LogP contribution in [0.2, 0.25) is 5.02 Å². The van der Waals surface area contributed by atoms with Gasteiger partial charge in [0, 0.05) is 53.7 Å². The fourth-order valence-corrected chi connectivity index (χ4v) is 6.91. The van der Waals surface area contributed by atoms with E-state index < -0.39 is 5.82 Å². The van der Waals surface area contributed by atoms with Gasteiger partial charge in [-0.15, -0.1) is 0 Å². The van der Waals surface area contributed by atoms with Crippen LogP contribution in [0.25, 0.3) is 33.1 Å². The minimum absolute atomic E-state index is 0.196. The molecule has 2 aromatic heterocycles. The first-order valence-electron chi connectivity index (χ1n) is 13.5. The molecule has 38 heavy (non-hydrogen) atoms. The predicted molar refractivity (Wildman–Crippen MR) is 150 cm³/mol. The SMILES string of the molecule is CN1CCC[C@H]1Cn1c(=O)nc(N2CC3CCC(C2)N3)c2cc(F)c(-c3cccc4cccc(Cl)c34)nc21. The van der Waals surface area contributed by atoms with Crippen molar-refractivity contribution in [3.05, 3.63) is 63.8 Å². The van der Waals surface area contributed by atoms with Gasteiger partial charge in [-0.2, -0.15) is 4.98 Å². The number of likely N-dealkylation sites (N-methyl/N-ethyl adjacent to an activating group) is 1. The Morgan fingerprint density at radius 3 is 2.58 bits per heavy atom. The van der Waals surface area contributed by atoms with Gasteiger partial charge in [0.2, 0.25) is 0 Å². The van der Waals surface area contributed by atoms with Gasteiger partial charge in [0.05, 0.1) is 5.39 Å². The van der Waals surface area contributed by atoms with Crippen molar-refractivity contribution >= 4 is 39.2 Å². The van der Waals surface area contributed by atoms with E-state index in [1.54, 1.807) is 10.6 Å². The van der Waals surface area contributed by atoms with Gasteiger partial charge in [-0.05, 0) is 56.8 Å². The van der Waals surface area contributed by atoms with Crippen molar-refractivity contribution in [2.24, 2.45) is 0 Å². The van der Waals surface area contributed by atoms with E-state index in [2.05, 4.69) is 27.1 Å². The first kappa shape index (κ1) is 24.0. The number of rotatable bonds is 4. The maximum absolute atomic E-state index is 16.0. The van der Waals surface area contributed by atoms with E-state index in [1.165, 1.54) is 6.07 Å². The number of hydrogen-bond acceptors (Lipinski definition) is 6. The van der Waals surface area contributed by atoms with Crippen LogP contribution >= 0.6 is 11.6 Å². The van der Waals surface area contributed by atoms with Crippen LogP contribution in [0.4, 0.5) is 10.2 Å². The van der Waals surface area contributed by atoms with E-state index in [0.717, 1.165) is 56.1 Å². The first-order chi connectivity index (χ1) is 18.5. The molecule has 0 radical (unpaired) electrons. The third-order valence-electron chi connectivity index (χ3n) is 8.57. The Kier molecular flexibility index (Phi) is 5.87. The maximum Gasteiger partial charge on any atom is 0.351 e. The van der Waals surface area contributed by atoms with Gasteiger partial charge in [-0.3, -0.25) is 4.57 Å². The van der Waals surface area contributed by atoms with Crippen LogP contribution in [0.1, 0.15) is 25.7 Å². The fourth-order valence-electron chi connectivity index (χ4n) is 6.63. The van der Waals surface area contributed by atoms with E-state index in [9.17, 15) is 4.79 Å². The van der Waals surface area contributed by atoms with Gasteiger partial charge in [-0.25, -0.2) is 14.2 Å². The summed E-state index contributed by atoms with van der Waals surface area (Å²) in [7, 11) is 2.08. The third-order valence-corrected chi connectivity index (χ3v) is 8.89. The van der Waals surface area contributed by atoms with Crippen molar-refractivity contribution in [2.75, 3.05) is 31.6 Å². The second-order valence-electron chi connectivity index (χ2n) is 11.0. The summed E-state index contributed by atoms with van der Waals surface area (Å²) in [6, 6.07) is 13.8. The van der Waals surface area contributed by atoms with Crippen LogP contribution in [0, 0.1) is 5.82 Å². The van der Waals surface area contributed by atoms with Gasteiger partial charge >= 0.3 is 5.69 Å². The lowest BCUT2D eigenvalue weighted by Crippen LogP contribution is -2.52. The van der Waals surface area contributed by atoms with Crippen LogP contribution < -0.4 is 15.9 Å². The number of likely N-dealkylation sites (tertiary alicyclic amines) is 1. The maximum atomic E-state index is 16.0. The molecule has 0 saturated carbocycles. The van der Waals surface area contributed by atoms with Gasteiger partial charge in [0.1, 0.15) is 23.0 Å². The van der Waals surface area contributed by atoms with Crippen molar-refractivity contribution in [1.82, 2.24) is 24.8 Å². The Labute approximate surface area is 225 Å². The Hall–Kier alpha value is -3.07. The minimum atomic E-state index is -0.450. The number of halogens is 2. The predicted octanol–water partition coefficient (Wildman–Crippen LogP) is 4.44. The highest BCUT2D eigenvalue weighted by molar-refractivity contribution is 6.36. The Bertz CT molecular complexity index is 1610. The second kappa shape index (κ2) is 9.29. The van der Waals surface area contributed by atoms with Crippen LogP contribution in [0.5, 0.6) is 0 Å². The molecule has 2 unspecified atom stereocenters. The molecule has 7 nitrogen and oxygen atoms in total. The monoisotopic (exact) mass is 532 g/mol. The molecule has 3 fully saturated rings. The molecule has 3 aliphatic rings. The molecule has 5 heterocycles. The summed E-state index contributed by atoms with van der Waals surface area (Å²) in [5, 5.41) is 6.40. The van der Waals surface area contributed by atoms with E-state index in [0.29, 0.717) is 46.1 Å². The number of pyridine rings is 1. The van der Waals surface area contributed by atoms with Crippen molar-refractivity contribution in [2.45, 2.75) is 50.4 Å². The fraction of sp³-hybridized carbons (Fsp3) is 0.414. The lowest BCUT2D eigenvalue weighted by atomic mass is 10.0. The molecule has 4 aromatic rings. The van der Waals surface area contributed by atoms with Crippen molar-refractivity contribution in [3.8, 4) is 11.3 Å². The summed E-state index contributed by atoms with van der Waals surface area (Å²) >= 11 is 6.60. The quantitative estimate of drug-likeness (QED) is 0.419. The summed E-state index contributed by atoms with van der Waals surface area (Å²) in [5.41, 5.74) is 0.955. The molecule has 7 rings (SSSR count). The molecule has 0 aliphatic carbocycles. The molecular formula is C29H30ClFN6O. The molecule has 9 heteroatoms. The average molecular weight is 533 g/mol. The van der Waals surface area contributed by atoms with Crippen LogP contribution in [0.3, 0.4) is 0 Å².